The summed E-state index contributed by atoms with van der Waals surface area (Å²) in [5.74, 6) is -3.30. The topological polar surface area (TPSA) is 198 Å². The predicted octanol–water partition coefficient (Wildman–Crippen LogP) is 4.08. The summed E-state index contributed by atoms with van der Waals surface area (Å²) in [7, 11) is 3.80. The van der Waals surface area contributed by atoms with Gasteiger partial charge in [0.25, 0.3) is 0 Å². The van der Waals surface area contributed by atoms with Crippen molar-refractivity contribution in [1.29, 1.82) is 0 Å². The zero-order valence-electron chi connectivity index (χ0n) is 38.2. The van der Waals surface area contributed by atoms with Crippen LogP contribution in [-0.2, 0) is 47.5 Å². The fraction of sp³-hybridized carbons (Fsp3) is 0.739. The molecule has 1 amide bonds. The Kier molecular flexibility index (Phi) is 11.8. The summed E-state index contributed by atoms with van der Waals surface area (Å²) in [6.07, 6.45) is -5.70. The van der Waals surface area contributed by atoms with E-state index in [1.807, 2.05) is 46.7 Å². The lowest BCUT2D eigenvalue weighted by molar-refractivity contribution is -0.345. The average molecular weight is 871 g/mol. The van der Waals surface area contributed by atoms with Crippen LogP contribution in [0.2, 0.25) is 0 Å². The molecule has 62 heavy (non-hydrogen) atoms. The summed E-state index contributed by atoms with van der Waals surface area (Å²) >= 11 is 0. The number of nitrogens with one attached hydrogen (secondary N) is 1. The van der Waals surface area contributed by atoms with Crippen LogP contribution in [0.1, 0.15) is 98.9 Å². The van der Waals surface area contributed by atoms with Crippen LogP contribution in [0.15, 0.2) is 41.5 Å². The second kappa shape index (κ2) is 15.8. The van der Waals surface area contributed by atoms with E-state index < -0.39 is 111 Å². The van der Waals surface area contributed by atoms with Crippen molar-refractivity contribution in [3.8, 4) is 0 Å². The molecule has 1 aromatic carbocycles. The van der Waals surface area contributed by atoms with Gasteiger partial charge in [-0.2, -0.15) is 0 Å². The van der Waals surface area contributed by atoms with Crippen molar-refractivity contribution in [1.82, 2.24) is 10.2 Å². The Hall–Kier alpha value is -3.64. The van der Waals surface area contributed by atoms with Crippen LogP contribution in [0.3, 0.4) is 0 Å². The Morgan fingerprint density at radius 2 is 1.65 bits per heavy atom. The first-order chi connectivity index (χ1) is 28.7. The van der Waals surface area contributed by atoms with Crippen molar-refractivity contribution in [2.45, 2.75) is 154 Å². The Morgan fingerprint density at radius 1 is 0.984 bits per heavy atom. The van der Waals surface area contributed by atoms with Crippen molar-refractivity contribution in [2.24, 2.45) is 22.2 Å². The van der Waals surface area contributed by atoms with E-state index in [1.54, 1.807) is 58.0 Å². The number of rotatable bonds is 10. The molecule has 16 nitrogen and oxygen atoms in total. The van der Waals surface area contributed by atoms with Gasteiger partial charge >= 0.3 is 24.0 Å². The number of fused-ring (bicyclic) bond motifs is 8. The van der Waals surface area contributed by atoms with Crippen LogP contribution in [0.4, 0.5) is 4.79 Å². The standard InChI is InChI=1S/C46H66N2O14/c1-25-28(57-38(51)44(10,53)37(42(8)22-55-23-42)47-39(52)62-40(3,4)5)20-46(54)35(60-36(50)27-16-14-13-15-17-27)33-43(9,19-18-29-45(33,24-56-29)61-26(2)49)34-32(31(25)41(46,6)7)58-30(59-34)21-48(11)12/h13-17,28-30,32-35,37,53-54H,18-24H2,1-12H3,(H,47,52)/t28-,29?,30+,32?,33?,34?,35-,37-,43+,44+,45-,46+/m0/s1. The zero-order valence-corrected chi connectivity index (χ0v) is 38.2. The normalized spacial score (nSPS) is 37.0. The molecule has 3 aliphatic heterocycles. The summed E-state index contributed by atoms with van der Waals surface area (Å²) in [4.78, 5) is 57.4. The summed E-state index contributed by atoms with van der Waals surface area (Å²) in [6.45, 7) is 17.6. The molecule has 16 heteroatoms. The third kappa shape index (κ3) is 7.64. The Balaban J connectivity index is 1.39. The van der Waals surface area contributed by atoms with E-state index in [-0.39, 0.29) is 31.8 Å². The molecule has 4 unspecified atom stereocenters. The van der Waals surface area contributed by atoms with Crippen molar-refractivity contribution < 1.29 is 67.3 Å². The minimum absolute atomic E-state index is 0.0235. The second-order valence-electron chi connectivity index (χ2n) is 21.0. The smallest absolute Gasteiger partial charge is 0.408 e. The highest BCUT2D eigenvalue weighted by Crippen LogP contribution is 2.66. The number of amides is 1. The van der Waals surface area contributed by atoms with Crippen molar-refractivity contribution in [3.05, 3.63) is 47.0 Å². The monoisotopic (exact) mass is 870 g/mol. The van der Waals surface area contributed by atoms with E-state index in [2.05, 4.69) is 5.32 Å². The van der Waals surface area contributed by atoms with Gasteiger partial charge in [-0.05, 0) is 84.8 Å². The molecule has 2 bridgehead atoms. The number of hydrogen-bond acceptors (Lipinski definition) is 15. The molecule has 7 rings (SSSR count). The fourth-order valence-corrected chi connectivity index (χ4v) is 11.4. The van der Waals surface area contributed by atoms with E-state index in [4.69, 9.17) is 37.9 Å². The van der Waals surface area contributed by atoms with Gasteiger partial charge in [-0.15, -0.1) is 0 Å². The molecule has 1 aromatic rings. The molecule has 3 aliphatic carbocycles. The number of alkyl carbamates (subject to hydrolysis) is 1. The molecule has 5 fully saturated rings. The van der Waals surface area contributed by atoms with Crippen molar-refractivity contribution in [2.75, 3.05) is 40.5 Å². The molecule has 3 N–H and O–H groups in total. The van der Waals surface area contributed by atoms with Crippen LogP contribution < -0.4 is 5.32 Å². The number of carbonyl (C=O) groups excluding carboxylic acids is 4. The van der Waals surface area contributed by atoms with Crippen LogP contribution in [0.5, 0.6) is 0 Å². The van der Waals surface area contributed by atoms with Gasteiger partial charge in [0.1, 0.15) is 35.6 Å². The average Bonchev–Trinajstić information content (AvgIpc) is 3.55. The summed E-state index contributed by atoms with van der Waals surface area (Å²) in [5, 5.41) is 28.9. The second-order valence-corrected chi connectivity index (χ2v) is 21.0. The first kappa shape index (κ1) is 46.4. The number of hydrogen-bond donors (Lipinski definition) is 3. The van der Waals surface area contributed by atoms with Crippen LogP contribution in [0, 0.1) is 22.2 Å². The summed E-state index contributed by atoms with van der Waals surface area (Å²) in [5.41, 5.74) is -8.38. The number of benzene rings is 1. The van der Waals surface area contributed by atoms with Gasteiger partial charge in [0.05, 0.1) is 43.4 Å². The number of esters is 3. The number of likely N-dealkylation sites (N-methyl/N-ethyl adjacent to an activating group) is 1. The van der Waals surface area contributed by atoms with Crippen LogP contribution in [0.25, 0.3) is 0 Å². The van der Waals surface area contributed by atoms with Gasteiger partial charge in [-0.1, -0.05) is 45.9 Å². The molecule has 0 radical (unpaired) electrons. The highest BCUT2D eigenvalue weighted by molar-refractivity contribution is 5.89. The highest BCUT2D eigenvalue weighted by atomic mass is 16.7. The predicted molar refractivity (Wildman–Crippen MR) is 221 cm³/mol. The number of ether oxygens (including phenoxy) is 8. The van der Waals surface area contributed by atoms with E-state index in [1.165, 1.54) is 13.8 Å². The van der Waals surface area contributed by atoms with Gasteiger partial charge < -0.3 is 58.3 Å². The van der Waals surface area contributed by atoms with E-state index in [0.717, 1.165) is 0 Å². The minimum atomic E-state index is -2.35. The molecule has 3 saturated heterocycles. The van der Waals surface area contributed by atoms with Gasteiger partial charge in [-0.25, -0.2) is 14.4 Å². The largest absolute Gasteiger partial charge is 0.456 e. The van der Waals surface area contributed by atoms with Crippen LogP contribution >= 0.6 is 0 Å². The van der Waals surface area contributed by atoms with Crippen LogP contribution in [-0.4, -0.2) is 145 Å². The first-order valence-corrected chi connectivity index (χ1v) is 21.7. The number of aliphatic hydroxyl groups is 2. The Labute approximate surface area is 364 Å². The maximum atomic E-state index is 14.7. The lowest BCUT2D eigenvalue weighted by atomic mass is 9.45. The Bertz CT molecular complexity index is 1960. The van der Waals surface area contributed by atoms with E-state index in [9.17, 15) is 29.4 Å². The van der Waals surface area contributed by atoms with E-state index in [0.29, 0.717) is 30.5 Å². The summed E-state index contributed by atoms with van der Waals surface area (Å²) in [6, 6.07) is 7.20. The maximum absolute atomic E-state index is 14.7. The molecule has 2 saturated carbocycles. The molecule has 12 atom stereocenters. The molecule has 3 heterocycles. The maximum Gasteiger partial charge on any atom is 0.408 e. The van der Waals surface area contributed by atoms with Crippen molar-refractivity contribution >= 4 is 24.0 Å². The molecule has 6 aliphatic rings. The van der Waals surface area contributed by atoms with Gasteiger partial charge in [0.2, 0.25) is 0 Å². The van der Waals surface area contributed by atoms with Gasteiger partial charge in [0.15, 0.2) is 17.5 Å². The minimum Gasteiger partial charge on any atom is -0.456 e. The van der Waals surface area contributed by atoms with Gasteiger partial charge in [0, 0.05) is 36.1 Å². The molecular formula is C46H66N2O14. The first-order valence-electron chi connectivity index (χ1n) is 21.7. The lowest BCUT2D eigenvalue weighted by Gasteiger charge is -2.68. The van der Waals surface area contributed by atoms with Crippen molar-refractivity contribution in [3.63, 3.8) is 0 Å². The van der Waals surface area contributed by atoms with E-state index >= 15 is 0 Å². The summed E-state index contributed by atoms with van der Waals surface area (Å²) < 4.78 is 50.5. The zero-order chi connectivity index (χ0) is 45.6. The molecule has 0 spiro atoms. The molecule has 0 aromatic heterocycles. The molecular weight excluding hydrogens is 805 g/mol. The number of nitrogens with zero attached hydrogens (tertiary/aromatic N) is 1. The highest BCUT2D eigenvalue weighted by Gasteiger charge is 2.77. The fourth-order valence-electron chi connectivity index (χ4n) is 11.4. The quantitative estimate of drug-likeness (QED) is 0.173. The number of carbonyl (C=O) groups is 4. The van der Waals surface area contributed by atoms with Gasteiger partial charge in [-0.3, -0.25) is 4.79 Å². The SMILES string of the molecule is CC(=O)O[C@@]12COC1CC[C@@]1(C)C3O[C@H](CN(C)C)OC3C3=C(C)[C@@H](OC(=O)[C@](C)(O)[C@@H](NC(=O)OC(C)(C)C)C4(C)COC4)C[C@@](O)([C@@H](OC(=O)c4ccccc4)C12)C3(C)C. The third-order valence-corrected chi connectivity index (χ3v) is 14.5. The third-order valence-electron chi connectivity index (χ3n) is 14.5. The lowest BCUT2D eigenvalue weighted by Crippen LogP contribution is -2.79. The Morgan fingerprint density at radius 3 is 2.19 bits per heavy atom. The molecule has 344 valence electrons.